The lowest BCUT2D eigenvalue weighted by molar-refractivity contribution is -0.185. The van der Waals surface area contributed by atoms with E-state index in [-0.39, 0.29) is 0 Å². The van der Waals surface area contributed by atoms with Crippen molar-refractivity contribution in [3.8, 4) is 0 Å². The molecule has 0 aromatic carbocycles. The molecule has 1 aliphatic rings. The van der Waals surface area contributed by atoms with Crippen LogP contribution in [0.3, 0.4) is 0 Å². The summed E-state index contributed by atoms with van der Waals surface area (Å²) in [7, 11) is 0. The summed E-state index contributed by atoms with van der Waals surface area (Å²) in [6, 6.07) is 0. The van der Waals surface area contributed by atoms with Gasteiger partial charge in [0.15, 0.2) is 11.4 Å². The second-order valence-corrected chi connectivity index (χ2v) is 5.74. The van der Waals surface area contributed by atoms with Gasteiger partial charge in [-0.2, -0.15) is 0 Å². The van der Waals surface area contributed by atoms with Crippen LogP contribution in [0.15, 0.2) is 5.51 Å². The maximum Gasteiger partial charge on any atom is 0.339 e. The summed E-state index contributed by atoms with van der Waals surface area (Å²) < 4.78 is 11.5. The second-order valence-electron chi connectivity index (χ2n) is 4.85. The minimum Gasteiger partial charge on any atom is -0.479 e. The van der Waals surface area contributed by atoms with Crippen molar-refractivity contribution in [2.24, 2.45) is 0 Å². The van der Waals surface area contributed by atoms with Gasteiger partial charge in [-0.1, -0.05) is 6.92 Å². The van der Waals surface area contributed by atoms with Crippen LogP contribution in [-0.2, 0) is 14.3 Å². The molecule has 0 spiro atoms. The fourth-order valence-electron chi connectivity index (χ4n) is 2.29. The van der Waals surface area contributed by atoms with Crippen molar-refractivity contribution in [3.05, 3.63) is 16.1 Å². The fraction of sp³-hybridized carbons (Fsp3) is 0.667. The highest BCUT2D eigenvalue weighted by Gasteiger charge is 2.59. The van der Waals surface area contributed by atoms with E-state index >= 15 is 0 Å². The number of hydrogen-bond donors (Lipinski definition) is 1. The van der Waals surface area contributed by atoms with E-state index in [9.17, 15) is 9.90 Å². The predicted octanol–water partition coefficient (Wildman–Crippen LogP) is 2.51. The first-order chi connectivity index (χ1) is 8.32. The molecule has 0 saturated carbocycles. The zero-order valence-corrected chi connectivity index (χ0v) is 11.7. The van der Waals surface area contributed by atoms with Crippen LogP contribution in [-0.4, -0.2) is 27.4 Å². The molecule has 2 rings (SSSR count). The number of carboxylic acids is 1. The molecular weight excluding hydrogens is 254 g/mol. The average Bonchev–Trinajstić information content (AvgIpc) is 2.79. The van der Waals surface area contributed by atoms with E-state index < -0.39 is 23.5 Å². The number of carbonyl (C=O) groups is 1. The molecule has 100 valence electrons. The molecule has 0 bridgehead atoms. The maximum absolute atomic E-state index is 11.6. The summed E-state index contributed by atoms with van der Waals surface area (Å²) in [6.07, 6.45) is -0.268. The molecule has 0 unspecified atom stereocenters. The van der Waals surface area contributed by atoms with Gasteiger partial charge in [0.1, 0.15) is 6.10 Å². The Morgan fingerprint density at radius 1 is 1.61 bits per heavy atom. The predicted molar refractivity (Wildman–Crippen MR) is 66.5 cm³/mol. The first-order valence-corrected chi connectivity index (χ1v) is 6.72. The molecule has 0 radical (unpaired) electrons. The van der Waals surface area contributed by atoms with Crippen LogP contribution in [0.1, 0.15) is 43.9 Å². The number of thiazole rings is 1. The van der Waals surface area contributed by atoms with Crippen molar-refractivity contribution >= 4 is 17.3 Å². The Morgan fingerprint density at radius 2 is 2.28 bits per heavy atom. The van der Waals surface area contributed by atoms with Crippen molar-refractivity contribution < 1.29 is 19.4 Å². The van der Waals surface area contributed by atoms with Crippen LogP contribution in [0.4, 0.5) is 0 Å². The van der Waals surface area contributed by atoms with Crippen molar-refractivity contribution in [1.29, 1.82) is 0 Å². The quantitative estimate of drug-likeness (QED) is 0.914. The normalized spacial score (nSPS) is 30.6. The van der Waals surface area contributed by atoms with E-state index in [4.69, 9.17) is 9.47 Å². The van der Waals surface area contributed by atoms with Gasteiger partial charge in [0.2, 0.25) is 0 Å². The molecule has 1 N–H and O–H groups in total. The van der Waals surface area contributed by atoms with Crippen LogP contribution >= 0.6 is 11.3 Å². The SMILES string of the molecule is CC[C@]1(C(=O)O)OC(C)(C)O[C@@H]1c1scnc1C. The van der Waals surface area contributed by atoms with E-state index in [2.05, 4.69) is 4.98 Å². The largest absolute Gasteiger partial charge is 0.479 e. The standard InChI is InChI=1S/C12H17NO4S/c1-5-12(10(14)15)9(16-11(3,4)17-12)8-7(2)13-6-18-8/h6,9H,5H2,1-4H3,(H,14,15)/t9-,12+/m1/s1. The van der Waals surface area contributed by atoms with E-state index in [0.717, 1.165) is 10.6 Å². The van der Waals surface area contributed by atoms with Gasteiger partial charge in [-0.3, -0.25) is 0 Å². The number of ether oxygens (including phenoxy) is 2. The van der Waals surface area contributed by atoms with Crippen LogP contribution in [0.2, 0.25) is 0 Å². The molecular formula is C12H17NO4S. The molecule has 1 fully saturated rings. The van der Waals surface area contributed by atoms with Gasteiger partial charge < -0.3 is 14.6 Å². The van der Waals surface area contributed by atoms with Crippen LogP contribution < -0.4 is 0 Å². The van der Waals surface area contributed by atoms with E-state index in [1.807, 2.05) is 6.92 Å². The average molecular weight is 271 g/mol. The molecule has 1 aromatic rings. The van der Waals surface area contributed by atoms with Crippen LogP contribution in [0, 0.1) is 6.92 Å². The lowest BCUT2D eigenvalue weighted by Crippen LogP contribution is -2.43. The lowest BCUT2D eigenvalue weighted by Gasteiger charge is -2.26. The number of carboxylic acid groups (broad SMARTS) is 1. The van der Waals surface area contributed by atoms with Crippen LogP contribution in [0.5, 0.6) is 0 Å². The highest BCUT2D eigenvalue weighted by molar-refractivity contribution is 7.09. The van der Waals surface area contributed by atoms with Gasteiger partial charge in [0.25, 0.3) is 0 Å². The zero-order chi connectivity index (χ0) is 13.6. The summed E-state index contributed by atoms with van der Waals surface area (Å²) >= 11 is 1.40. The number of aliphatic carboxylic acids is 1. The smallest absolute Gasteiger partial charge is 0.339 e. The fourth-order valence-corrected chi connectivity index (χ4v) is 3.20. The summed E-state index contributed by atoms with van der Waals surface area (Å²) in [4.78, 5) is 16.6. The van der Waals surface area contributed by atoms with Crippen molar-refractivity contribution in [1.82, 2.24) is 4.98 Å². The van der Waals surface area contributed by atoms with E-state index in [1.54, 1.807) is 26.3 Å². The Hall–Kier alpha value is -0.980. The van der Waals surface area contributed by atoms with Gasteiger partial charge in [-0.15, -0.1) is 11.3 Å². The van der Waals surface area contributed by atoms with Crippen molar-refractivity contribution in [3.63, 3.8) is 0 Å². The molecule has 2 heterocycles. The summed E-state index contributed by atoms with van der Waals surface area (Å²) in [6.45, 7) is 7.11. The Balaban J connectivity index is 2.50. The molecule has 6 heteroatoms. The third kappa shape index (κ3) is 1.94. The highest BCUT2D eigenvalue weighted by atomic mass is 32.1. The number of aromatic nitrogens is 1. The first-order valence-electron chi connectivity index (χ1n) is 5.84. The third-order valence-corrected chi connectivity index (χ3v) is 4.14. The van der Waals surface area contributed by atoms with Crippen molar-refractivity contribution in [2.45, 2.75) is 51.6 Å². The minimum absolute atomic E-state index is 0.341. The summed E-state index contributed by atoms with van der Waals surface area (Å²) in [5.41, 5.74) is 1.16. The Morgan fingerprint density at radius 3 is 2.72 bits per heavy atom. The lowest BCUT2D eigenvalue weighted by atomic mass is 9.92. The van der Waals surface area contributed by atoms with Crippen molar-refractivity contribution in [2.75, 3.05) is 0 Å². The molecule has 5 nitrogen and oxygen atoms in total. The molecule has 2 atom stereocenters. The van der Waals surface area contributed by atoms with Gasteiger partial charge in [0.05, 0.1) is 16.1 Å². The molecule has 1 aromatic heterocycles. The Bertz CT molecular complexity index is 470. The van der Waals surface area contributed by atoms with Gasteiger partial charge >= 0.3 is 5.97 Å². The van der Waals surface area contributed by atoms with Crippen LogP contribution in [0.25, 0.3) is 0 Å². The number of nitrogens with zero attached hydrogens (tertiary/aromatic N) is 1. The highest BCUT2D eigenvalue weighted by Crippen LogP contribution is 2.49. The summed E-state index contributed by atoms with van der Waals surface area (Å²) in [5, 5.41) is 9.54. The topological polar surface area (TPSA) is 68.7 Å². The Labute approximate surface area is 110 Å². The Kier molecular flexibility index (Phi) is 3.21. The monoisotopic (exact) mass is 271 g/mol. The number of aryl methyl sites for hydroxylation is 1. The molecule has 18 heavy (non-hydrogen) atoms. The number of rotatable bonds is 3. The number of hydrogen-bond acceptors (Lipinski definition) is 5. The first kappa shape index (κ1) is 13.5. The second kappa shape index (κ2) is 4.29. The zero-order valence-electron chi connectivity index (χ0n) is 10.9. The van der Waals surface area contributed by atoms with Gasteiger partial charge in [-0.25, -0.2) is 9.78 Å². The molecule has 1 aliphatic heterocycles. The van der Waals surface area contributed by atoms with Gasteiger partial charge in [0, 0.05) is 0 Å². The molecule has 0 aliphatic carbocycles. The van der Waals surface area contributed by atoms with Gasteiger partial charge in [-0.05, 0) is 27.2 Å². The van der Waals surface area contributed by atoms with E-state index in [1.165, 1.54) is 11.3 Å². The molecule has 0 amide bonds. The maximum atomic E-state index is 11.6. The van der Waals surface area contributed by atoms with E-state index in [0.29, 0.717) is 6.42 Å². The molecule has 1 saturated heterocycles. The summed E-state index contributed by atoms with van der Waals surface area (Å²) in [5.74, 6) is -1.90. The third-order valence-electron chi connectivity index (χ3n) is 3.16. The minimum atomic E-state index is -1.33.